The number of nitrogens with one attached hydrogen (secondary N) is 1. The van der Waals surface area contributed by atoms with E-state index >= 15 is 0 Å². The van der Waals surface area contributed by atoms with E-state index in [-0.39, 0.29) is 6.42 Å². The van der Waals surface area contributed by atoms with Crippen LogP contribution < -0.4 is 5.32 Å². The Kier molecular flexibility index (Phi) is 11.4. The molecule has 26 heavy (non-hydrogen) atoms. The van der Waals surface area contributed by atoms with Gasteiger partial charge < -0.3 is 5.32 Å². The summed E-state index contributed by atoms with van der Waals surface area (Å²) in [5.74, 6) is 0.732. The lowest BCUT2D eigenvalue weighted by atomic mass is 10.2. The van der Waals surface area contributed by atoms with Crippen LogP contribution in [0.4, 0.5) is 19.0 Å². The predicted molar refractivity (Wildman–Crippen MR) is 101 cm³/mol. The minimum absolute atomic E-state index is 0.253. The van der Waals surface area contributed by atoms with Crippen molar-refractivity contribution in [3.63, 3.8) is 0 Å². The molecule has 1 aromatic rings. The first-order chi connectivity index (χ1) is 12.1. The second kappa shape index (κ2) is 12.3. The van der Waals surface area contributed by atoms with Crippen LogP contribution in [0.15, 0.2) is 23.9 Å². The van der Waals surface area contributed by atoms with Crippen molar-refractivity contribution in [1.82, 2.24) is 4.98 Å². The molecule has 1 aliphatic carbocycles. The van der Waals surface area contributed by atoms with Crippen molar-refractivity contribution in [1.29, 1.82) is 5.26 Å². The van der Waals surface area contributed by atoms with Crippen LogP contribution in [0.25, 0.3) is 0 Å². The zero-order valence-corrected chi connectivity index (χ0v) is 16.4. The molecule has 0 spiro atoms. The second-order valence-corrected chi connectivity index (χ2v) is 6.52. The van der Waals surface area contributed by atoms with Crippen LogP contribution in [-0.2, 0) is 0 Å². The Morgan fingerprint density at radius 1 is 1.38 bits per heavy atom. The van der Waals surface area contributed by atoms with Crippen LogP contribution in [0.1, 0.15) is 70.9 Å². The van der Waals surface area contributed by atoms with Gasteiger partial charge in [0.25, 0.3) is 0 Å². The first-order valence-electron chi connectivity index (χ1n) is 8.92. The normalized spacial score (nSPS) is 12.6. The number of aromatic nitrogens is 1. The maximum Gasteiger partial charge on any atom is 0.389 e. The molecule has 0 aromatic carbocycles. The van der Waals surface area contributed by atoms with Crippen LogP contribution in [0.5, 0.6) is 0 Å². The zero-order valence-electron chi connectivity index (χ0n) is 16.4. The highest BCUT2D eigenvalue weighted by atomic mass is 19.4. The number of nitriles is 1. The molecule has 0 bridgehead atoms. The number of halogens is 3. The fourth-order valence-corrected chi connectivity index (χ4v) is 1.57. The van der Waals surface area contributed by atoms with Crippen molar-refractivity contribution < 1.29 is 13.2 Å². The van der Waals surface area contributed by atoms with E-state index in [1.807, 2.05) is 19.9 Å². The lowest BCUT2D eigenvalue weighted by Crippen LogP contribution is -2.05. The van der Waals surface area contributed by atoms with E-state index in [2.05, 4.69) is 36.3 Å². The summed E-state index contributed by atoms with van der Waals surface area (Å²) < 4.78 is 33.7. The molecular formula is C20H30F3N3. The first kappa shape index (κ1) is 24.0. The Morgan fingerprint density at radius 2 is 1.96 bits per heavy atom. The van der Waals surface area contributed by atoms with Crippen LogP contribution in [0, 0.1) is 18.3 Å². The number of aryl methyl sites for hydroxylation is 1. The average Bonchev–Trinajstić information content (AvgIpc) is 3.39. The summed E-state index contributed by atoms with van der Waals surface area (Å²) in [6.45, 7) is 9.88. The van der Waals surface area contributed by atoms with Gasteiger partial charge >= 0.3 is 6.18 Å². The molecule has 0 aliphatic heterocycles. The zero-order chi connectivity index (χ0) is 20.2. The van der Waals surface area contributed by atoms with Crippen LogP contribution in [0.3, 0.4) is 0 Å². The minimum atomic E-state index is -3.95. The summed E-state index contributed by atoms with van der Waals surface area (Å²) in [7, 11) is 0. The monoisotopic (exact) mass is 369 g/mol. The molecule has 0 radical (unpaired) electrons. The van der Waals surface area contributed by atoms with Gasteiger partial charge in [0.15, 0.2) is 0 Å². The molecule has 1 saturated carbocycles. The van der Waals surface area contributed by atoms with Gasteiger partial charge in [-0.15, -0.1) is 0 Å². The van der Waals surface area contributed by atoms with Crippen LogP contribution in [0.2, 0.25) is 0 Å². The molecule has 3 nitrogen and oxygen atoms in total. The Hall–Kier alpha value is -2.03. The molecule has 1 fully saturated rings. The lowest BCUT2D eigenvalue weighted by molar-refractivity contribution is -0.135. The predicted octanol–water partition coefficient (Wildman–Crippen LogP) is 6.55. The standard InChI is InChI=1S/C10H11N3.C5H9F3.C5H10/c1-7-4-8(5-11)10(12-6-7)13-9-2-3-9;1-2-3-4-5(6,7)8;1-4-5(2)3/h4,6,9H,2-3H2,1H3,(H,12,13);2-4H2,1H3;4H,1-3H3. The number of allylic oxidation sites excluding steroid dienone is 2. The van der Waals surface area contributed by atoms with E-state index in [0.29, 0.717) is 18.0 Å². The maximum absolute atomic E-state index is 11.2. The van der Waals surface area contributed by atoms with Gasteiger partial charge in [-0.1, -0.05) is 25.0 Å². The van der Waals surface area contributed by atoms with Crippen molar-refractivity contribution in [3.05, 3.63) is 35.0 Å². The van der Waals surface area contributed by atoms with Gasteiger partial charge in [-0.25, -0.2) is 4.98 Å². The summed E-state index contributed by atoms with van der Waals surface area (Å²) in [6.07, 6.45) is 2.54. The third kappa shape index (κ3) is 13.3. The maximum atomic E-state index is 11.2. The van der Waals surface area contributed by atoms with E-state index in [9.17, 15) is 13.2 Å². The highest BCUT2D eigenvalue weighted by Gasteiger charge is 2.25. The Morgan fingerprint density at radius 3 is 2.31 bits per heavy atom. The summed E-state index contributed by atoms with van der Waals surface area (Å²) >= 11 is 0. The van der Waals surface area contributed by atoms with Gasteiger partial charge in [-0.2, -0.15) is 18.4 Å². The van der Waals surface area contributed by atoms with Crippen molar-refractivity contribution in [2.75, 3.05) is 5.32 Å². The minimum Gasteiger partial charge on any atom is -0.366 e. The smallest absolute Gasteiger partial charge is 0.366 e. The Labute approximate surface area is 155 Å². The van der Waals surface area contributed by atoms with Crippen molar-refractivity contribution >= 4 is 5.82 Å². The largest absolute Gasteiger partial charge is 0.389 e. The molecular weight excluding hydrogens is 339 g/mol. The molecule has 1 N–H and O–H groups in total. The summed E-state index contributed by atoms with van der Waals surface area (Å²) in [6, 6.07) is 4.55. The third-order valence-electron chi connectivity index (χ3n) is 3.45. The molecule has 0 unspecified atom stereocenters. The molecule has 0 saturated heterocycles. The molecule has 0 amide bonds. The molecule has 2 rings (SSSR count). The second-order valence-electron chi connectivity index (χ2n) is 6.52. The number of hydrogen-bond acceptors (Lipinski definition) is 3. The summed E-state index contributed by atoms with van der Waals surface area (Å²) in [4.78, 5) is 4.20. The van der Waals surface area contributed by atoms with Crippen LogP contribution in [-0.4, -0.2) is 17.2 Å². The SMILES string of the molecule is CC=C(C)C.CCCCC(F)(F)F.Cc1cnc(NC2CC2)c(C#N)c1. The number of rotatable bonds is 4. The van der Waals surface area contributed by atoms with Gasteiger partial charge in [0, 0.05) is 18.7 Å². The number of hydrogen-bond donors (Lipinski definition) is 1. The van der Waals surface area contributed by atoms with Crippen LogP contribution >= 0.6 is 0 Å². The first-order valence-corrected chi connectivity index (χ1v) is 8.92. The number of nitrogens with zero attached hydrogens (tertiary/aromatic N) is 2. The Bertz CT molecular complexity index is 593. The van der Waals surface area contributed by atoms with Crippen molar-refractivity contribution in [2.45, 2.75) is 78.9 Å². The quantitative estimate of drug-likeness (QED) is 0.612. The fraction of sp³-hybridized carbons (Fsp3) is 0.600. The van der Waals surface area contributed by atoms with Gasteiger partial charge in [0.05, 0.1) is 5.56 Å². The van der Waals surface area contributed by atoms with Gasteiger partial charge in [-0.3, -0.25) is 0 Å². The molecule has 0 atom stereocenters. The van der Waals surface area contributed by atoms with E-state index in [1.165, 1.54) is 18.4 Å². The van der Waals surface area contributed by atoms with Crippen molar-refractivity contribution in [3.8, 4) is 6.07 Å². The van der Waals surface area contributed by atoms with E-state index in [4.69, 9.17) is 5.26 Å². The molecule has 1 heterocycles. The van der Waals surface area contributed by atoms with E-state index < -0.39 is 12.6 Å². The Balaban J connectivity index is 0.000000414. The highest BCUT2D eigenvalue weighted by Crippen LogP contribution is 2.25. The van der Waals surface area contributed by atoms with Gasteiger partial charge in [0.2, 0.25) is 0 Å². The topological polar surface area (TPSA) is 48.7 Å². The fourth-order valence-electron chi connectivity index (χ4n) is 1.57. The highest BCUT2D eigenvalue weighted by molar-refractivity contribution is 5.53. The number of pyridine rings is 1. The number of alkyl halides is 3. The third-order valence-corrected chi connectivity index (χ3v) is 3.45. The summed E-state index contributed by atoms with van der Waals surface area (Å²) in [5, 5.41) is 12.1. The molecule has 146 valence electrons. The molecule has 1 aromatic heterocycles. The molecule has 6 heteroatoms. The van der Waals surface area contributed by atoms with Gasteiger partial charge in [0.1, 0.15) is 11.9 Å². The van der Waals surface area contributed by atoms with Gasteiger partial charge in [-0.05, 0) is 58.6 Å². The average molecular weight is 369 g/mol. The number of anilines is 1. The van der Waals surface area contributed by atoms with E-state index in [0.717, 1.165) is 11.4 Å². The lowest BCUT2D eigenvalue weighted by Gasteiger charge is -2.05. The number of unbranched alkanes of at least 4 members (excludes halogenated alkanes) is 1. The van der Waals surface area contributed by atoms with E-state index in [1.54, 1.807) is 13.1 Å². The van der Waals surface area contributed by atoms with Crippen molar-refractivity contribution in [2.24, 2.45) is 0 Å². The molecule has 1 aliphatic rings. The summed E-state index contributed by atoms with van der Waals surface area (Å²) in [5.41, 5.74) is 3.05.